The fourth-order valence-electron chi connectivity index (χ4n) is 3.22. The molecule has 0 aromatic heterocycles. The van der Waals surface area contributed by atoms with Crippen molar-refractivity contribution < 1.29 is 24.2 Å². The highest BCUT2D eigenvalue weighted by Gasteiger charge is 2.12. The summed E-state index contributed by atoms with van der Waals surface area (Å²) in [4.78, 5) is 35.6. The number of halogens is 1. The molecular formula is C26H26ClN3O5. The standard InChI is InChI=1S/C26H26ClN3O5/c1-16-5-3-4-6-22(16)30-26(34)29-20-10-7-18(8-11-20)13-24(31)28-17(2)15-35-23-12-9-19(25(32)33)14-21(23)27/h3-12,14,17H,13,15H2,1-2H3,(H,28,31)(H,32,33)(H2,29,30,34)/t17-/m1/s1. The second-order valence-electron chi connectivity index (χ2n) is 8.00. The molecule has 0 fully saturated rings. The number of benzene rings is 3. The van der Waals surface area contributed by atoms with Crippen LogP contribution in [-0.4, -0.2) is 35.7 Å². The van der Waals surface area contributed by atoms with Crippen molar-refractivity contribution >= 4 is 40.9 Å². The zero-order valence-electron chi connectivity index (χ0n) is 19.3. The Morgan fingerprint density at radius 3 is 2.37 bits per heavy atom. The minimum Gasteiger partial charge on any atom is -0.490 e. The monoisotopic (exact) mass is 495 g/mol. The van der Waals surface area contributed by atoms with Gasteiger partial charge in [0.25, 0.3) is 0 Å². The van der Waals surface area contributed by atoms with Gasteiger partial charge in [-0.05, 0) is 61.4 Å². The summed E-state index contributed by atoms with van der Waals surface area (Å²) in [6, 6.07) is 18.0. The van der Waals surface area contributed by atoms with Gasteiger partial charge in [-0.25, -0.2) is 9.59 Å². The average Bonchev–Trinajstić information content (AvgIpc) is 2.81. The second-order valence-corrected chi connectivity index (χ2v) is 8.40. The van der Waals surface area contributed by atoms with E-state index in [9.17, 15) is 14.4 Å². The van der Waals surface area contributed by atoms with Crippen LogP contribution in [0.4, 0.5) is 16.2 Å². The Morgan fingerprint density at radius 2 is 1.71 bits per heavy atom. The molecule has 0 heterocycles. The van der Waals surface area contributed by atoms with Crippen LogP contribution in [0.25, 0.3) is 0 Å². The quantitative estimate of drug-likeness (QED) is 0.329. The van der Waals surface area contributed by atoms with E-state index in [1.165, 1.54) is 18.2 Å². The number of carbonyl (C=O) groups is 3. The van der Waals surface area contributed by atoms with E-state index in [4.69, 9.17) is 21.4 Å². The Labute approximate surface area is 208 Å². The van der Waals surface area contributed by atoms with Crippen molar-refractivity contribution in [2.75, 3.05) is 17.2 Å². The number of urea groups is 1. The van der Waals surface area contributed by atoms with Gasteiger partial charge in [0.05, 0.1) is 23.0 Å². The van der Waals surface area contributed by atoms with E-state index in [1.54, 1.807) is 31.2 Å². The average molecular weight is 496 g/mol. The van der Waals surface area contributed by atoms with Gasteiger partial charge in [-0.1, -0.05) is 41.9 Å². The number of aryl methyl sites for hydroxylation is 1. The number of rotatable bonds is 9. The van der Waals surface area contributed by atoms with Gasteiger partial charge in [-0.15, -0.1) is 0 Å². The number of nitrogens with one attached hydrogen (secondary N) is 3. The number of hydrogen-bond donors (Lipinski definition) is 4. The summed E-state index contributed by atoms with van der Waals surface area (Å²) in [5, 5.41) is 17.6. The lowest BCUT2D eigenvalue weighted by atomic mass is 10.1. The Morgan fingerprint density at radius 1 is 1.00 bits per heavy atom. The Kier molecular flexibility index (Phi) is 8.69. The highest BCUT2D eigenvalue weighted by molar-refractivity contribution is 6.32. The summed E-state index contributed by atoms with van der Waals surface area (Å²) >= 11 is 6.06. The largest absolute Gasteiger partial charge is 0.490 e. The minimum absolute atomic E-state index is 0.0665. The van der Waals surface area contributed by atoms with E-state index < -0.39 is 5.97 Å². The maximum Gasteiger partial charge on any atom is 0.335 e. The van der Waals surface area contributed by atoms with E-state index in [-0.39, 0.29) is 41.6 Å². The molecule has 3 rings (SSSR count). The molecule has 8 nitrogen and oxygen atoms in total. The van der Waals surface area contributed by atoms with Gasteiger partial charge >= 0.3 is 12.0 Å². The number of para-hydroxylation sites is 1. The first-order chi connectivity index (χ1) is 16.7. The number of carboxylic acid groups (broad SMARTS) is 1. The van der Waals surface area contributed by atoms with E-state index in [2.05, 4.69) is 16.0 Å². The molecule has 0 aliphatic carbocycles. The summed E-state index contributed by atoms with van der Waals surface area (Å²) in [5.41, 5.74) is 3.15. The van der Waals surface area contributed by atoms with Crippen LogP contribution >= 0.6 is 11.6 Å². The normalized spacial score (nSPS) is 11.3. The third-order valence-corrected chi connectivity index (χ3v) is 5.34. The third-order valence-electron chi connectivity index (χ3n) is 5.04. The lowest BCUT2D eigenvalue weighted by molar-refractivity contribution is -0.121. The maximum absolute atomic E-state index is 12.4. The number of amides is 3. The Hall–Kier alpha value is -4.04. The molecule has 0 saturated heterocycles. The Balaban J connectivity index is 1.44. The lowest BCUT2D eigenvalue weighted by Crippen LogP contribution is -2.37. The van der Waals surface area contributed by atoms with Crippen LogP contribution < -0.4 is 20.7 Å². The highest BCUT2D eigenvalue weighted by Crippen LogP contribution is 2.25. The van der Waals surface area contributed by atoms with Crippen LogP contribution in [0.5, 0.6) is 5.75 Å². The molecule has 0 unspecified atom stereocenters. The van der Waals surface area contributed by atoms with Crippen molar-refractivity contribution in [3.63, 3.8) is 0 Å². The summed E-state index contributed by atoms with van der Waals surface area (Å²) in [6.45, 7) is 3.87. The first-order valence-corrected chi connectivity index (χ1v) is 11.3. The summed E-state index contributed by atoms with van der Waals surface area (Å²) in [7, 11) is 0. The molecule has 0 spiro atoms. The number of anilines is 2. The van der Waals surface area contributed by atoms with E-state index in [0.717, 1.165) is 16.8 Å². The smallest absolute Gasteiger partial charge is 0.335 e. The number of carboxylic acids is 1. The minimum atomic E-state index is -1.08. The molecule has 3 amide bonds. The van der Waals surface area contributed by atoms with Crippen molar-refractivity contribution in [1.29, 1.82) is 0 Å². The van der Waals surface area contributed by atoms with Gasteiger partial charge in [-0.3, -0.25) is 4.79 Å². The fourth-order valence-corrected chi connectivity index (χ4v) is 3.46. The zero-order valence-corrected chi connectivity index (χ0v) is 20.1. The molecule has 0 aliphatic rings. The molecule has 0 saturated carbocycles. The topological polar surface area (TPSA) is 117 Å². The molecule has 4 N–H and O–H groups in total. The van der Waals surface area contributed by atoms with E-state index >= 15 is 0 Å². The molecule has 9 heteroatoms. The predicted molar refractivity (Wildman–Crippen MR) is 135 cm³/mol. The molecule has 1 atom stereocenters. The van der Waals surface area contributed by atoms with Crippen LogP contribution in [0.15, 0.2) is 66.7 Å². The van der Waals surface area contributed by atoms with Crippen molar-refractivity contribution in [1.82, 2.24) is 5.32 Å². The van der Waals surface area contributed by atoms with Crippen LogP contribution in [0.1, 0.15) is 28.4 Å². The zero-order chi connectivity index (χ0) is 25.4. The number of ether oxygens (including phenoxy) is 1. The Bertz CT molecular complexity index is 1210. The second kappa shape index (κ2) is 11.9. The third kappa shape index (κ3) is 7.75. The molecule has 0 aliphatic heterocycles. The maximum atomic E-state index is 12.4. The van der Waals surface area contributed by atoms with Crippen molar-refractivity contribution in [3.05, 3.63) is 88.4 Å². The molecule has 3 aromatic carbocycles. The summed E-state index contributed by atoms with van der Waals surface area (Å²) < 4.78 is 5.60. The van der Waals surface area contributed by atoms with Gasteiger partial charge in [0, 0.05) is 11.4 Å². The fraction of sp³-hybridized carbons (Fsp3) is 0.192. The van der Waals surface area contributed by atoms with E-state index in [1.807, 2.05) is 31.2 Å². The van der Waals surface area contributed by atoms with Crippen LogP contribution in [-0.2, 0) is 11.2 Å². The molecule has 182 valence electrons. The molecule has 0 radical (unpaired) electrons. The van der Waals surface area contributed by atoms with Crippen molar-refractivity contribution in [3.8, 4) is 5.75 Å². The molecule has 0 bridgehead atoms. The van der Waals surface area contributed by atoms with Gasteiger partial charge in [0.2, 0.25) is 5.91 Å². The predicted octanol–water partition coefficient (Wildman–Crippen LogP) is 5.12. The highest BCUT2D eigenvalue weighted by atomic mass is 35.5. The van der Waals surface area contributed by atoms with Gasteiger partial charge < -0.3 is 25.8 Å². The number of aromatic carboxylic acids is 1. The van der Waals surface area contributed by atoms with Crippen LogP contribution in [0, 0.1) is 6.92 Å². The lowest BCUT2D eigenvalue weighted by Gasteiger charge is -2.16. The summed E-state index contributed by atoms with van der Waals surface area (Å²) in [6.07, 6.45) is 0.161. The SMILES string of the molecule is Cc1ccccc1NC(=O)Nc1ccc(CC(=O)N[C@H](C)COc2ccc(C(=O)O)cc2Cl)cc1. The van der Waals surface area contributed by atoms with Gasteiger partial charge in [0.1, 0.15) is 12.4 Å². The van der Waals surface area contributed by atoms with Gasteiger partial charge in [0.15, 0.2) is 0 Å². The summed E-state index contributed by atoms with van der Waals surface area (Å²) in [5.74, 6) is -0.924. The number of carbonyl (C=O) groups excluding carboxylic acids is 2. The first-order valence-electron chi connectivity index (χ1n) is 10.9. The first kappa shape index (κ1) is 25.6. The molecular weight excluding hydrogens is 470 g/mol. The number of hydrogen-bond acceptors (Lipinski definition) is 4. The molecule has 3 aromatic rings. The van der Waals surface area contributed by atoms with Crippen LogP contribution in [0.3, 0.4) is 0 Å². The van der Waals surface area contributed by atoms with Gasteiger partial charge in [-0.2, -0.15) is 0 Å². The van der Waals surface area contributed by atoms with Crippen LogP contribution in [0.2, 0.25) is 5.02 Å². The van der Waals surface area contributed by atoms with E-state index in [0.29, 0.717) is 11.4 Å². The molecule has 35 heavy (non-hydrogen) atoms. The van der Waals surface area contributed by atoms with Crippen molar-refractivity contribution in [2.45, 2.75) is 26.3 Å². The van der Waals surface area contributed by atoms with Crippen molar-refractivity contribution in [2.24, 2.45) is 0 Å².